The zero-order valence-corrected chi connectivity index (χ0v) is 14.2. The van der Waals surface area contributed by atoms with Crippen molar-refractivity contribution in [3.05, 3.63) is 17.0 Å². The van der Waals surface area contributed by atoms with Gasteiger partial charge in [0, 0.05) is 50.3 Å². The molecule has 3 heterocycles. The molecule has 1 amide bonds. The number of nitrogens with zero attached hydrogens (tertiary/aromatic N) is 3. The third-order valence-corrected chi connectivity index (χ3v) is 6.16. The van der Waals surface area contributed by atoms with Gasteiger partial charge in [0.1, 0.15) is 0 Å². The topological polar surface area (TPSA) is 56.6 Å². The lowest BCUT2D eigenvalue weighted by Gasteiger charge is -2.28. The minimum atomic E-state index is 0.214. The number of aryl methyl sites for hydroxylation is 1. The number of carbonyl (C=O) groups excluding carboxylic acids is 1. The van der Waals surface area contributed by atoms with Crippen molar-refractivity contribution in [2.24, 2.45) is 30.7 Å². The van der Waals surface area contributed by atoms with Gasteiger partial charge in [0.2, 0.25) is 5.91 Å². The van der Waals surface area contributed by atoms with Crippen LogP contribution in [-0.2, 0) is 40.9 Å². The summed E-state index contributed by atoms with van der Waals surface area (Å²) in [6.45, 7) is 4.47. The van der Waals surface area contributed by atoms with Crippen LogP contribution in [0.2, 0.25) is 0 Å². The van der Waals surface area contributed by atoms with Gasteiger partial charge in [-0.3, -0.25) is 9.48 Å². The quantitative estimate of drug-likeness (QED) is 0.811. The van der Waals surface area contributed by atoms with E-state index in [-0.39, 0.29) is 5.92 Å². The Morgan fingerprint density at radius 1 is 1.33 bits per heavy atom. The predicted molar refractivity (Wildman–Crippen MR) is 86.0 cm³/mol. The summed E-state index contributed by atoms with van der Waals surface area (Å²) in [7, 11) is 2.00. The first-order valence-corrected chi connectivity index (χ1v) is 9.20. The zero-order chi connectivity index (χ0) is 16.3. The molecule has 0 spiro atoms. The SMILES string of the molecule is Cn1nc(COCC2CC2)c2c1CCN(C(=O)C1[C@H]3COC[C@@H]13)C2. The standard InChI is InChI=1S/C18H25N3O3/c1-20-16-4-5-21(18(22)17-13-8-24-9-14(13)17)6-12(16)15(19-20)10-23-7-11-2-3-11/h11,13-14,17H,2-10H2,1H3/t13-,14+,17?. The van der Waals surface area contributed by atoms with Crippen LogP contribution in [0.15, 0.2) is 0 Å². The van der Waals surface area contributed by atoms with E-state index in [9.17, 15) is 4.79 Å². The average Bonchev–Trinajstić information content (AvgIpc) is 3.47. The molecular formula is C18H25N3O3. The van der Waals surface area contributed by atoms with E-state index in [1.54, 1.807) is 0 Å². The number of rotatable bonds is 5. The summed E-state index contributed by atoms with van der Waals surface area (Å²) in [5, 5.41) is 4.65. The van der Waals surface area contributed by atoms with E-state index in [4.69, 9.17) is 9.47 Å². The van der Waals surface area contributed by atoms with Gasteiger partial charge in [-0.1, -0.05) is 0 Å². The summed E-state index contributed by atoms with van der Waals surface area (Å²) in [4.78, 5) is 14.9. The van der Waals surface area contributed by atoms with Gasteiger partial charge < -0.3 is 14.4 Å². The van der Waals surface area contributed by atoms with Crippen LogP contribution in [0, 0.1) is 23.7 Å². The van der Waals surface area contributed by atoms with Crippen LogP contribution >= 0.6 is 0 Å². The van der Waals surface area contributed by atoms with Gasteiger partial charge in [0.25, 0.3) is 0 Å². The number of aromatic nitrogens is 2. The maximum Gasteiger partial charge on any atom is 0.226 e. The second-order valence-corrected chi connectivity index (χ2v) is 7.85. The number of ether oxygens (including phenoxy) is 2. The molecule has 6 heteroatoms. The molecule has 1 aromatic rings. The van der Waals surface area contributed by atoms with Gasteiger partial charge in [0.05, 0.1) is 25.5 Å². The van der Waals surface area contributed by atoms with Gasteiger partial charge in [-0.05, 0) is 30.6 Å². The Bertz CT molecular complexity index is 657. The van der Waals surface area contributed by atoms with Crippen molar-refractivity contribution in [1.29, 1.82) is 0 Å². The Morgan fingerprint density at radius 2 is 2.12 bits per heavy atom. The Balaban J connectivity index is 1.27. The maximum absolute atomic E-state index is 12.8. The van der Waals surface area contributed by atoms with Crippen molar-refractivity contribution in [2.45, 2.75) is 32.4 Å². The lowest BCUT2D eigenvalue weighted by molar-refractivity contribution is -0.135. The Morgan fingerprint density at radius 3 is 2.88 bits per heavy atom. The van der Waals surface area contributed by atoms with Gasteiger partial charge in [-0.25, -0.2) is 0 Å². The highest BCUT2D eigenvalue weighted by Gasteiger charge is 2.59. The Labute approximate surface area is 142 Å². The first-order valence-electron chi connectivity index (χ1n) is 9.20. The van der Waals surface area contributed by atoms with Crippen molar-refractivity contribution in [1.82, 2.24) is 14.7 Å². The largest absolute Gasteiger partial charge is 0.381 e. The predicted octanol–water partition coefficient (Wildman–Crippen LogP) is 1.12. The second kappa shape index (κ2) is 5.56. The molecule has 3 fully saturated rings. The van der Waals surface area contributed by atoms with E-state index < -0.39 is 0 Å². The summed E-state index contributed by atoms with van der Waals surface area (Å²) in [6, 6.07) is 0. The molecule has 4 aliphatic rings. The Hall–Kier alpha value is -1.40. The second-order valence-electron chi connectivity index (χ2n) is 7.85. The van der Waals surface area contributed by atoms with E-state index in [0.717, 1.165) is 44.4 Å². The summed E-state index contributed by atoms with van der Waals surface area (Å²) < 4.78 is 13.2. The van der Waals surface area contributed by atoms with E-state index in [1.807, 2.05) is 16.6 Å². The van der Waals surface area contributed by atoms with Gasteiger partial charge in [0.15, 0.2) is 0 Å². The maximum atomic E-state index is 12.8. The molecule has 2 aliphatic carbocycles. The molecule has 5 rings (SSSR count). The van der Waals surface area contributed by atoms with Crippen LogP contribution in [0.25, 0.3) is 0 Å². The molecule has 130 valence electrons. The summed E-state index contributed by atoms with van der Waals surface area (Å²) in [6.07, 6.45) is 3.50. The van der Waals surface area contributed by atoms with Crippen molar-refractivity contribution >= 4 is 5.91 Å². The fourth-order valence-corrected chi connectivity index (χ4v) is 4.40. The first kappa shape index (κ1) is 14.9. The number of amides is 1. The van der Waals surface area contributed by atoms with E-state index >= 15 is 0 Å². The monoisotopic (exact) mass is 331 g/mol. The number of hydrogen-bond acceptors (Lipinski definition) is 4. The lowest BCUT2D eigenvalue weighted by atomic mass is 10.0. The molecule has 1 unspecified atom stereocenters. The minimum Gasteiger partial charge on any atom is -0.381 e. The van der Waals surface area contributed by atoms with E-state index in [2.05, 4.69) is 5.10 Å². The normalized spacial score (nSPS) is 31.0. The van der Waals surface area contributed by atoms with Crippen molar-refractivity contribution in [2.75, 3.05) is 26.4 Å². The molecule has 2 aliphatic heterocycles. The van der Waals surface area contributed by atoms with Crippen molar-refractivity contribution in [3.8, 4) is 0 Å². The van der Waals surface area contributed by atoms with E-state index in [1.165, 1.54) is 24.1 Å². The number of fused-ring (bicyclic) bond motifs is 2. The fourth-order valence-electron chi connectivity index (χ4n) is 4.40. The molecule has 1 saturated heterocycles. The molecule has 1 aromatic heterocycles. The third kappa shape index (κ3) is 2.47. The molecule has 0 N–H and O–H groups in total. The van der Waals surface area contributed by atoms with Crippen LogP contribution in [0.1, 0.15) is 29.8 Å². The van der Waals surface area contributed by atoms with Crippen LogP contribution < -0.4 is 0 Å². The average molecular weight is 331 g/mol. The molecule has 2 saturated carbocycles. The highest BCUT2D eigenvalue weighted by molar-refractivity contribution is 5.83. The molecule has 6 nitrogen and oxygen atoms in total. The van der Waals surface area contributed by atoms with E-state index in [0.29, 0.717) is 30.9 Å². The molecule has 24 heavy (non-hydrogen) atoms. The van der Waals surface area contributed by atoms with Gasteiger partial charge in [-0.15, -0.1) is 0 Å². The molecule has 0 bridgehead atoms. The van der Waals surface area contributed by atoms with Crippen molar-refractivity contribution < 1.29 is 14.3 Å². The fraction of sp³-hybridized carbons (Fsp3) is 0.778. The van der Waals surface area contributed by atoms with Crippen LogP contribution in [0.4, 0.5) is 0 Å². The van der Waals surface area contributed by atoms with Crippen molar-refractivity contribution in [3.63, 3.8) is 0 Å². The molecular weight excluding hydrogens is 306 g/mol. The number of hydrogen-bond donors (Lipinski definition) is 0. The third-order valence-electron chi connectivity index (χ3n) is 6.16. The summed E-state index contributed by atoms with van der Waals surface area (Å²) >= 11 is 0. The molecule has 0 radical (unpaired) electrons. The minimum absolute atomic E-state index is 0.214. The first-order chi connectivity index (χ1) is 11.7. The smallest absolute Gasteiger partial charge is 0.226 e. The zero-order valence-electron chi connectivity index (χ0n) is 14.2. The molecule has 0 aromatic carbocycles. The highest BCUT2D eigenvalue weighted by Crippen LogP contribution is 2.51. The summed E-state index contributed by atoms with van der Waals surface area (Å²) in [5.41, 5.74) is 3.50. The van der Waals surface area contributed by atoms with Gasteiger partial charge >= 0.3 is 0 Å². The lowest BCUT2D eigenvalue weighted by Crippen LogP contribution is -2.38. The van der Waals surface area contributed by atoms with Crippen LogP contribution in [0.5, 0.6) is 0 Å². The Kier molecular flexibility index (Phi) is 3.45. The van der Waals surface area contributed by atoms with Gasteiger partial charge in [-0.2, -0.15) is 5.10 Å². The number of carbonyl (C=O) groups is 1. The molecule has 3 atom stereocenters. The van der Waals surface area contributed by atoms with Crippen LogP contribution in [-0.4, -0.2) is 47.0 Å². The van der Waals surface area contributed by atoms with Crippen LogP contribution in [0.3, 0.4) is 0 Å². The summed E-state index contributed by atoms with van der Waals surface area (Å²) in [5.74, 6) is 2.27. The highest BCUT2D eigenvalue weighted by atomic mass is 16.5.